The van der Waals surface area contributed by atoms with E-state index in [0.717, 1.165) is 0 Å². The van der Waals surface area contributed by atoms with Gasteiger partial charge in [-0.1, -0.05) is 0 Å². The van der Waals surface area contributed by atoms with Crippen molar-refractivity contribution in [3.63, 3.8) is 0 Å². The van der Waals surface area contributed by atoms with E-state index >= 15 is 0 Å². The van der Waals surface area contributed by atoms with Gasteiger partial charge in [0.25, 0.3) is 0 Å². The second-order valence-electron chi connectivity index (χ2n) is 4.60. The van der Waals surface area contributed by atoms with Crippen molar-refractivity contribution < 1.29 is 24.8 Å². The van der Waals surface area contributed by atoms with E-state index in [1.54, 1.807) is 13.8 Å². The zero-order chi connectivity index (χ0) is 12.2. The van der Waals surface area contributed by atoms with Gasteiger partial charge in [-0.25, -0.2) is 0 Å². The minimum absolute atomic E-state index is 0.312. The first-order chi connectivity index (χ1) is 7.41. The van der Waals surface area contributed by atoms with Crippen LogP contribution < -0.4 is 0 Å². The number of hydrogen-bond donors (Lipinski definition) is 3. The van der Waals surface area contributed by atoms with E-state index in [1.807, 2.05) is 0 Å². The van der Waals surface area contributed by atoms with Gasteiger partial charge in [0.15, 0.2) is 0 Å². The van der Waals surface area contributed by atoms with Crippen molar-refractivity contribution in [1.82, 2.24) is 0 Å². The van der Waals surface area contributed by atoms with E-state index in [1.165, 1.54) is 0 Å². The van der Waals surface area contributed by atoms with Gasteiger partial charge in [-0.2, -0.15) is 0 Å². The molecular formula is C11H21O5+. The van der Waals surface area contributed by atoms with Gasteiger partial charge < -0.3 is 15.3 Å². The van der Waals surface area contributed by atoms with Gasteiger partial charge in [0, 0.05) is 11.0 Å². The Labute approximate surface area is 95.3 Å². The summed E-state index contributed by atoms with van der Waals surface area (Å²) in [5.74, 6) is -0.667. The molecule has 1 heterocycles. The smallest absolute Gasteiger partial charge is 0.392 e. The van der Waals surface area contributed by atoms with Crippen molar-refractivity contribution in [2.24, 2.45) is 0 Å². The van der Waals surface area contributed by atoms with Crippen LogP contribution in [0, 0.1) is 0 Å². The van der Waals surface area contributed by atoms with Gasteiger partial charge in [-0.05, 0) is 26.7 Å². The molecule has 1 rings (SSSR count). The van der Waals surface area contributed by atoms with Crippen LogP contribution in [0.15, 0.2) is 0 Å². The molecule has 0 spiro atoms. The minimum atomic E-state index is -1.31. The summed E-state index contributed by atoms with van der Waals surface area (Å²) in [7, 11) is 0. The molecule has 1 aliphatic rings. The Hall–Kier alpha value is -0.650. The summed E-state index contributed by atoms with van der Waals surface area (Å²) < 4.78 is 4.93. The van der Waals surface area contributed by atoms with Crippen LogP contribution in [-0.4, -0.2) is 39.1 Å². The summed E-state index contributed by atoms with van der Waals surface area (Å²) >= 11 is 0. The second kappa shape index (κ2) is 5.61. The molecule has 0 bridgehead atoms. The standard InChI is InChI=1S/C11H21O5/c1-8(12)3-4-10-7-11(14,16-15-10)6-5-9(2)13/h8-9,12-14H,3-7H2,1-2H3/q+1/t8?,9?,11-/m1/s1. The first-order valence-corrected chi connectivity index (χ1v) is 5.70. The van der Waals surface area contributed by atoms with Crippen LogP contribution in [0.3, 0.4) is 0 Å². The predicted molar refractivity (Wildman–Crippen MR) is 57.5 cm³/mol. The molecule has 94 valence electrons. The molecule has 0 fully saturated rings. The Morgan fingerprint density at radius 1 is 1.31 bits per heavy atom. The third-order valence-corrected chi connectivity index (χ3v) is 2.58. The fourth-order valence-electron chi connectivity index (χ4n) is 1.57. The SMILES string of the molecule is CC(O)CCC1=[O+]O[C@](O)(CCC(C)O)C1. The van der Waals surface area contributed by atoms with Crippen LogP contribution >= 0.6 is 0 Å². The van der Waals surface area contributed by atoms with E-state index in [2.05, 4.69) is 0 Å². The normalized spacial score (nSPS) is 28.4. The highest BCUT2D eigenvalue weighted by atomic mass is 17.2. The number of aliphatic hydroxyl groups excluding tert-OH is 2. The number of hydrogen-bond acceptors (Lipinski definition) is 4. The Balaban J connectivity index is 2.30. The topological polar surface area (TPSA) is 81.2 Å². The molecule has 0 aliphatic carbocycles. The Bertz CT molecular complexity index is 249. The molecule has 1 aliphatic heterocycles. The fraction of sp³-hybridized carbons (Fsp3) is 0.909. The van der Waals surface area contributed by atoms with Gasteiger partial charge in [0.05, 0.1) is 18.6 Å². The van der Waals surface area contributed by atoms with Crippen LogP contribution in [0.5, 0.6) is 0 Å². The molecular weight excluding hydrogens is 212 g/mol. The maximum atomic E-state index is 9.93. The average Bonchev–Trinajstić information content (AvgIpc) is 2.55. The Morgan fingerprint density at radius 3 is 2.50 bits per heavy atom. The zero-order valence-corrected chi connectivity index (χ0v) is 9.85. The minimum Gasteiger partial charge on any atom is -0.393 e. The summed E-state index contributed by atoms with van der Waals surface area (Å²) in [5.41, 5.74) is 0. The van der Waals surface area contributed by atoms with Gasteiger partial charge in [-0.3, -0.25) is 0 Å². The van der Waals surface area contributed by atoms with Crippen LogP contribution in [0.1, 0.15) is 46.0 Å². The summed E-state index contributed by atoms with van der Waals surface area (Å²) in [6.45, 7) is 3.37. The highest BCUT2D eigenvalue weighted by molar-refractivity contribution is 5.80. The summed E-state index contributed by atoms with van der Waals surface area (Å²) in [5, 5.41) is 28.2. The molecule has 0 saturated heterocycles. The van der Waals surface area contributed by atoms with Crippen molar-refractivity contribution in [2.45, 2.75) is 63.9 Å². The molecule has 2 unspecified atom stereocenters. The molecule has 0 aromatic heterocycles. The molecule has 0 aromatic rings. The van der Waals surface area contributed by atoms with Crippen molar-refractivity contribution in [3.8, 4) is 0 Å². The predicted octanol–water partition coefficient (Wildman–Crippen LogP) is 0.437. The molecule has 0 radical (unpaired) electrons. The van der Waals surface area contributed by atoms with E-state index in [0.29, 0.717) is 37.9 Å². The Morgan fingerprint density at radius 2 is 1.94 bits per heavy atom. The lowest BCUT2D eigenvalue weighted by Crippen LogP contribution is -2.30. The van der Waals surface area contributed by atoms with Crippen molar-refractivity contribution in [3.05, 3.63) is 0 Å². The van der Waals surface area contributed by atoms with Crippen LogP contribution in [0.2, 0.25) is 0 Å². The van der Waals surface area contributed by atoms with Crippen molar-refractivity contribution >= 4 is 5.78 Å². The third kappa shape index (κ3) is 4.47. The summed E-state index contributed by atoms with van der Waals surface area (Å²) in [6.07, 6.45) is 1.43. The highest BCUT2D eigenvalue weighted by Crippen LogP contribution is 2.26. The number of aliphatic hydroxyl groups is 3. The quantitative estimate of drug-likeness (QED) is 0.459. The van der Waals surface area contributed by atoms with Gasteiger partial charge in [0.2, 0.25) is 0 Å². The molecule has 3 atom stereocenters. The van der Waals surface area contributed by atoms with E-state index in [9.17, 15) is 5.11 Å². The average molecular weight is 233 g/mol. The summed E-state index contributed by atoms with van der Waals surface area (Å²) in [4.78, 5) is 4.86. The number of carbonyl (C=O) groups excluding carboxylic acids is 1. The highest BCUT2D eigenvalue weighted by Gasteiger charge is 2.47. The lowest BCUT2D eigenvalue weighted by molar-refractivity contribution is -0.778. The molecule has 0 aromatic carbocycles. The lowest BCUT2D eigenvalue weighted by Gasteiger charge is -2.13. The first kappa shape index (κ1) is 13.4. The maximum absolute atomic E-state index is 9.93. The van der Waals surface area contributed by atoms with Gasteiger partial charge in [0.1, 0.15) is 6.42 Å². The van der Waals surface area contributed by atoms with Gasteiger partial charge in [-0.15, -0.1) is 4.89 Å². The van der Waals surface area contributed by atoms with Crippen LogP contribution in [0.25, 0.3) is 0 Å². The van der Waals surface area contributed by atoms with E-state index in [4.69, 9.17) is 19.7 Å². The second-order valence-corrected chi connectivity index (χ2v) is 4.60. The molecule has 16 heavy (non-hydrogen) atoms. The molecule has 0 saturated carbocycles. The Kier molecular flexibility index (Phi) is 4.70. The van der Waals surface area contributed by atoms with Crippen LogP contribution in [0.4, 0.5) is 0 Å². The summed E-state index contributed by atoms with van der Waals surface area (Å²) in [6, 6.07) is 0. The van der Waals surface area contributed by atoms with E-state index < -0.39 is 11.9 Å². The third-order valence-electron chi connectivity index (χ3n) is 2.58. The fourth-order valence-corrected chi connectivity index (χ4v) is 1.57. The number of ketones is 1. The first-order valence-electron chi connectivity index (χ1n) is 5.70. The maximum Gasteiger partial charge on any atom is 0.392 e. The zero-order valence-electron chi connectivity index (χ0n) is 9.85. The van der Waals surface area contributed by atoms with E-state index in [-0.39, 0.29) is 6.10 Å². The molecule has 3 N–H and O–H groups in total. The van der Waals surface area contributed by atoms with Crippen LogP contribution in [-0.2, 0) is 9.46 Å². The van der Waals surface area contributed by atoms with Crippen molar-refractivity contribution in [2.75, 3.05) is 0 Å². The molecule has 0 amide bonds. The molecule has 5 heteroatoms. The van der Waals surface area contributed by atoms with Crippen molar-refractivity contribution in [1.29, 1.82) is 0 Å². The lowest BCUT2D eigenvalue weighted by atomic mass is 10.00. The largest absolute Gasteiger partial charge is 0.393 e. The number of rotatable bonds is 6. The molecule has 5 nitrogen and oxygen atoms in total. The monoisotopic (exact) mass is 233 g/mol. The van der Waals surface area contributed by atoms with Gasteiger partial charge >= 0.3 is 11.6 Å².